The van der Waals surface area contributed by atoms with Gasteiger partial charge < -0.3 is 37.7 Å². The van der Waals surface area contributed by atoms with E-state index in [9.17, 15) is 24.3 Å². The van der Waals surface area contributed by atoms with E-state index < -0.39 is 61.8 Å². The van der Waals surface area contributed by atoms with Crippen molar-refractivity contribution >= 4 is 37.0 Å². The maximum atomic E-state index is 15.3. The monoisotopic (exact) mass is 657 g/mol. The molecule has 14 nitrogen and oxygen atoms in total. The SMILES string of the molecule is C[C@H](N)C(=O)N1CCC[C@H]1C(=O)N([C@@H](COC(=O)[C@@H](N)CCCN=C(N)N)C(=O)O)P(=O)(Cc1ccccc1)Cc1ccccc1. The van der Waals surface area contributed by atoms with Gasteiger partial charge in [-0.1, -0.05) is 60.7 Å². The number of rotatable bonds is 16. The molecule has 2 aromatic carbocycles. The zero-order chi connectivity index (χ0) is 33.9. The largest absolute Gasteiger partial charge is 0.480 e. The van der Waals surface area contributed by atoms with E-state index in [4.69, 9.17) is 27.7 Å². The highest BCUT2D eigenvalue weighted by Gasteiger charge is 2.48. The Morgan fingerprint density at radius 2 is 1.59 bits per heavy atom. The molecule has 3 rings (SSSR count). The highest BCUT2D eigenvalue weighted by atomic mass is 31.2. The second-order valence-corrected chi connectivity index (χ2v) is 14.1. The van der Waals surface area contributed by atoms with Crippen LogP contribution in [0.15, 0.2) is 65.7 Å². The average Bonchev–Trinajstić information content (AvgIpc) is 3.51. The van der Waals surface area contributed by atoms with Gasteiger partial charge in [0.05, 0.1) is 6.04 Å². The first-order valence-corrected chi connectivity index (χ1v) is 17.1. The minimum atomic E-state index is -4.01. The first-order chi connectivity index (χ1) is 21.8. The molecule has 0 aromatic heterocycles. The molecular formula is C31H44N7O7P. The molecule has 1 saturated heterocycles. The van der Waals surface area contributed by atoms with Crippen molar-refractivity contribution in [2.45, 2.75) is 69.1 Å². The number of amides is 2. The lowest BCUT2D eigenvalue weighted by Crippen LogP contribution is -2.55. The zero-order valence-corrected chi connectivity index (χ0v) is 26.8. The number of hydrogen-bond donors (Lipinski definition) is 5. The summed E-state index contributed by atoms with van der Waals surface area (Å²) in [4.78, 5) is 58.4. The quantitative estimate of drug-likeness (QED) is 0.0565. The topological polar surface area (TPSA) is 238 Å². The number of carboxylic acids is 1. The Hall–Kier alpha value is -4.26. The van der Waals surface area contributed by atoms with Crippen LogP contribution in [0, 0.1) is 0 Å². The molecule has 1 aliphatic rings. The van der Waals surface area contributed by atoms with Gasteiger partial charge in [0.15, 0.2) is 19.3 Å². The third-order valence-corrected chi connectivity index (χ3v) is 10.6. The molecule has 0 saturated carbocycles. The lowest BCUT2D eigenvalue weighted by Gasteiger charge is -2.39. The molecule has 250 valence electrons. The number of aliphatic carboxylic acids is 1. The van der Waals surface area contributed by atoms with Crippen LogP contribution in [-0.4, -0.2) is 88.3 Å². The van der Waals surface area contributed by atoms with Gasteiger partial charge >= 0.3 is 11.9 Å². The van der Waals surface area contributed by atoms with Crippen molar-refractivity contribution in [2.75, 3.05) is 19.7 Å². The van der Waals surface area contributed by atoms with E-state index in [-0.39, 0.29) is 44.2 Å². The van der Waals surface area contributed by atoms with Gasteiger partial charge in [0.25, 0.3) is 5.91 Å². The maximum Gasteiger partial charge on any atom is 0.330 e. The summed E-state index contributed by atoms with van der Waals surface area (Å²) in [5.74, 6) is -3.84. The summed E-state index contributed by atoms with van der Waals surface area (Å²) in [6, 6.07) is 12.5. The van der Waals surface area contributed by atoms with Gasteiger partial charge in [-0.2, -0.15) is 0 Å². The fraction of sp³-hybridized carbons (Fsp3) is 0.452. The average molecular weight is 658 g/mol. The number of carbonyl (C=O) groups is 4. The molecule has 0 unspecified atom stereocenters. The van der Waals surface area contributed by atoms with E-state index in [0.717, 1.165) is 4.67 Å². The molecule has 1 heterocycles. The van der Waals surface area contributed by atoms with Crippen LogP contribution in [0.3, 0.4) is 0 Å². The molecule has 9 N–H and O–H groups in total. The molecule has 2 aromatic rings. The molecule has 1 fully saturated rings. The van der Waals surface area contributed by atoms with Crippen LogP contribution in [-0.2, 0) is 40.8 Å². The molecule has 15 heteroatoms. The van der Waals surface area contributed by atoms with Crippen molar-refractivity contribution in [1.29, 1.82) is 0 Å². The number of hydrogen-bond acceptors (Lipinski definition) is 9. The van der Waals surface area contributed by atoms with E-state index in [1.807, 2.05) is 0 Å². The Kier molecular flexibility index (Phi) is 13.3. The fourth-order valence-corrected chi connectivity index (χ4v) is 8.53. The van der Waals surface area contributed by atoms with Crippen molar-refractivity contribution in [2.24, 2.45) is 27.9 Å². The van der Waals surface area contributed by atoms with Gasteiger partial charge in [-0.15, -0.1) is 0 Å². The highest BCUT2D eigenvalue weighted by Crippen LogP contribution is 2.57. The molecule has 46 heavy (non-hydrogen) atoms. The molecule has 0 spiro atoms. The van der Waals surface area contributed by atoms with Crippen LogP contribution in [0.5, 0.6) is 0 Å². The summed E-state index contributed by atoms with van der Waals surface area (Å²) in [6.07, 6.45) is 0.862. The van der Waals surface area contributed by atoms with E-state index in [1.165, 1.54) is 11.8 Å². The summed E-state index contributed by atoms with van der Waals surface area (Å²) in [7, 11) is -4.01. The first kappa shape index (κ1) is 36.2. The molecule has 2 amide bonds. The fourth-order valence-electron chi connectivity index (χ4n) is 5.39. The number of benzene rings is 2. The van der Waals surface area contributed by atoms with Crippen molar-refractivity contribution in [3.63, 3.8) is 0 Å². The Bertz CT molecular complexity index is 1380. The maximum absolute atomic E-state index is 15.3. The summed E-state index contributed by atoms with van der Waals surface area (Å²) < 4.78 is 21.6. The van der Waals surface area contributed by atoms with E-state index in [0.29, 0.717) is 24.0 Å². The highest BCUT2D eigenvalue weighted by molar-refractivity contribution is 7.60. The van der Waals surface area contributed by atoms with E-state index >= 15 is 4.57 Å². The van der Waals surface area contributed by atoms with Gasteiger partial charge in [0.2, 0.25) is 5.91 Å². The number of likely N-dealkylation sites (tertiary alicyclic amines) is 1. The Morgan fingerprint density at radius 3 is 2.09 bits per heavy atom. The molecular weight excluding hydrogens is 613 g/mol. The number of aliphatic imine (C=N–C) groups is 1. The number of nitrogens with two attached hydrogens (primary N) is 4. The zero-order valence-electron chi connectivity index (χ0n) is 25.9. The number of carboxylic acid groups (broad SMARTS) is 1. The number of carbonyl (C=O) groups excluding carboxylic acids is 3. The van der Waals surface area contributed by atoms with Gasteiger partial charge in [-0.3, -0.25) is 28.6 Å². The number of guanidine groups is 1. The molecule has 4 atom stereocenters. The van der Waals surface area contributed by atoms with Crippen LogP contribution >= 0.6 is 7.29 Å². The van der Waals surface area contributed by atoms with Crippen LogP contribution in [0.1, 0.15) is 43.7 Å². The molecule has 0 radical (unpaired) electrons. The van der Waals surface area contributed by atoms with Gasteiger partial charge in [-0.25, -0.2) is 4.79 Å². The summed E-state index contributed by atoms with van der Waals surface area (Å²) in [5, 5.41) is 10.5. The predicted molar refractivity (Wildman–Crippen MR) is 173 cm³/mol. The van der Waals surface area contributed by atoms with Gasteiger partial charge in [0, 0.05) is 25.4 Å². The molecule has 0 aliphatic carbocycles. The lowest BCUT2D eigenvalue weighted by molar-refractivity contribution is -0.156. The van der Waals surface area contributed by atoms with Crippen molar-refractivity contribution < 1.29 is 33.6 Å². The predicted octanol–water partition coefficient (Wildman–Crippen LogP) is 1.21. The summed E-state index contributed by atoms with van der Waals surface area (Å²) in [5.41, 5.74) is 23.7. The van der Waals surface area contributed by atoms with Crippen LogP contribution in [0.2, 0.25) is 0 Å². The number of nitrogens with zero attached hydrogens (tertiary/aromatic N) is 3. The van der Waals surface area contributed by atoms with E-state index in [2.05, 4.69) is 4.99 Å². The third-order valence-electron chi connectivity index (χ3n) is 7.61. The third kappa shape index (κ3) is 9.87. The Labute approximate surface area is 268 Å². The standard InChI is InChI=1S/C31H44N7O7P/c1-21(32)27(39)37-17-9-15-25(37)28(40)38(26(29(41)42)18-45-30(43)24(33)14-8-16-36-31(34)35)46(44,19-22-10-4-2-5-11-22)20-23-12-6-3-7-13-23/h2-7,10-13,21,24-26H,8-9,14-20,32-33H2,1H3,(H,41,42)(H4,34,35,36)/t21-,24-,25-,26-/m0/s1. The van der Waals surface area contributed by atoms with Crippen LogP contribution in [0.4, 0.5) is 0 Å². The molecule has 1 aliphatic heterocycles. The second-order valence-electron chi connectivity index (χ2n) is 11.3. The van der Waals surface area contributed by atoms with Crippen molar-refractivity contribution in [3.05, 3.63) is 71.8 Å². The number of ether oxygens (including phenoxy) is 1. The number of esters is 1. The first-order valence-electron chi connectivity index (χ1n) is 15.1. The smallest absolute Gasteiger partial charge is 0.330 e. The Balaban J connectivity index is 2.04. The van der Waals surface area contributed by atoms with E-state index in [1.54, 1.807) is 60.7 Å². The summed E-state index contributed by atoms with van der Waals surface area (Å²) >= 11 is 0. The normalized spacial score (nSPS) is 16.6. The minimum Gasteiger partial charge on any atom is -0.480 e. The van der Waals surface area contributed by atoms with Gasteiger partial charge in [0.1, 0.15) is 18.7 Å². The van der Waals surface area contributed by atoms with Crippen LogP contribution in [0.25, 0.3) is 0 Å². The van der Waals surface area contributed by atoms with Gasteiger partial charge in [-0.05, 0) is 43.7 Å². The minimum absolute atomic E-state index is 0.107. The Morgan fingerprint density at radius 1 is 1.02 bits per heavy atom. The summed E-state index contributed by atoms with van der Waals surface area (Å²) in [6.45, 7) is 1.13. The second kappa shape index (κ2) is 16.9. The van der Waals surface area contributed by atoms with Crippen LogP contribution < -0.4 is 22.9 Å². The molecule has 0 bridgehead atoms. The lowest BCUT2D eigenvalue weighted by atomic mass is 10.1. The van der Waals surface area contributed by atoms with Crippen molar-refractivity contribution in [3.8, 4) is 0 Å². The van der Waals surface area contributed by atoms with Crippen molar-refractivity contribution in [1.82, 2.24) is 9.57 Å².